The molecular weight excluding hydrogens is 768 g/mol. The first-order valence-corrected chi connectivity index (χ1v) is 20.3. The highest BCUT2D eigenvalue weighted by molar-refractivity contribution is 6.17. The van der Waals surface area contributed by atoms with E-state index in [-0.39, 0.29) is 30.4 Å². The standard InChI is InChI=1S/C23H37ClN2O4.C17H30N2O5.C2H4.CH4O/c1-22(2,13-7-5-6-8-14-24)30-17-23(3,4)29-16-15-26-21(28)19-11-9-18(10-12-19)20(25)27;1-11(2)7-17(3,4)12(16(23)18-5)8-19(10-21)15-6-13(22)14(9-20)24-15;2*1-2/h9-12H,5-8,13-17H2,1-4H3,(H2,25,27)(H,26,28);8,10-11,13-15,20,22H,6-7,9H2,1-5H3,(H,18,23);1-2H2;2H,1H3/b;12-8+;;/t;13?,14?,15-;;/m.1../s1. The molecule has 4 amide bonds. The van der Waals surface area contributed by atoms with Crippen molar-refractivity contribution in [3.05, 3.63) is 60.3 Å². The number of likely N-dealkylation sites (N-methyl/N-ethyl adjacent to an activating group) is 1. The molecule has 1 saturated heterocycles. The Hall–Kier alpha value is -3.37. The zero-order valence-corrected chi connectivity index (χ0v) is 37.5. The summed E-state index contributed by atoms with van der Waals surface area (Å²) in [6, 6.07) is 6.22. The molecule has 58 heavy (non-hydrogen) atoms. The van der Waals surface area contributed by atoms with Gasteiger partial charge in [0.25, 0.3) is 5.91 Å². The number of primary amides is 1. The fourth-order valence-corrected chi connectivity index (χ4v) is 6.25. The second kappa shape index (κ2) is 29.8. The van der Waals surface area contributed by atoms with E-state index in [1.807, 2.05) is 27.7 Å². The topological polar surface area (TPSA) is 210 Å². The number of halogens is 1. The third-order valence-electron chi connectivity index (χ3n) is 9.02. The van der Waals surface area contributed by atoms with Gasteiger partial charge in [-0.15, -0.1) is 24.8 Å². The minimum Gasteiger partial charge on any atom is -0.400 e. The average Bonchev–Trinajstić information content (AvgIpc) is 3.57. The second-order valence-electron chi connectivity index (χ2n) is 16.0. The van der Waals surface area contributed by atoms with Crippen LogP contribution in [0.15, 0.2) is 49.2 Å². The molecule has 2 unspecified atom stereocenters. The van der Waals surface area contributed by atoms with Gasteiger partial charge in [0.1, 0.15) is 12.3 Å². The number of nitrogens with two attached hydrogens (primary N) is 1. The van der Waals surface area contributed by atoms with Crippen LogP contribution in [0.5, 0.6) is 0 Å². The quantitative estimate of drug-likeness (QED) is 0.0275. The number of rotatable bonds is 23. The van der Waals surface area contributed by atoms with Crippen LogP contribution in [-0.2, 0) is 23.8 Å². The van der Waals surface area contributed by atoms with Crippen molar-refractivity contribution in [1.82, 2.24) is 15.5 Å². The number of carbonyl (C=O) groups is 4. The number of benzene rings is 1. The molecule has 0 radical (unpaired) electrons. The molecule has 1 aromatic rings. The summed E-state index contributed by atoms with van der Waals surface area (Å²) in [5.41, 5.74) is 5.41. The van der Waals surface area contributed by atoms with E-state index in [0.29, 0.717) is 48.8 Å². The molecule has 7 N–H and O–H groups in total. The van der Waals surface area contributed by atoms with E-state index in [4.69, 9.17) is 36.7 Å². The maximum atomic E-state index is 12.3. The number of carbonyl (C=O) groups excluding carboxylic acids is 4. The van der Waals surface area contributed by atoms with Gasteiger partial charge in [0.2, 0.25) is 18.2 Å². The van der Waals surface area contributed by atoms with Crippen molar-refractivity contribution in [2.75, 3.05) is 46.4 Å². The predicted molar refractivity (Wildman–Crippen MR) is 230 cm³/mol. The van der Waals surface area contributed by atoms with Gasteiger partial charge in [0.05, 0.1) is 37.1 Å². The smallest absolute Gasteiger partial charge is 0.251 e. The molecule has 334 valence electrons. The first-order chi connectivity index (χ1) is 27.2. The Morgan fingerprint density at radius 2 is 1.57 bits per heavy atom. The van der Waals surface area contributed by atoms with Crippen LogP contribution < -0.4 is 16.4 Å². The minimum atomic E-state index is -0.844. The monoisotopic (exact) mass is 843 g/mol. The van der Waals surface area contributed by atoms with E-state index in [1.54, 1.807) is 19.2 Å². The van der Waals surface area contributed by atoms with Gasteiger partial charge in [-0.1, -0.05) is 47.0 Å². The van der Waals surface area contributed by atoms with E-state index >= 15 is 0 Å². The lowest BCUT2D eigenvalue weighted by atomic mass is 9.77. The van der Waals surface area contributed by atoms with Crippen LogP contribution in [0.4, 0.5) is 0 Å². The number of unbranched alkanes of at least 4 members (excludes halogenated alkanes) is 3. The first-order valence-electron chi connectivity index (χ1n) is 19.8. The van der Waals surface area contributed by atoms with E-state index in [1.165, 1.54) is 29.7 Å². The largest absolute Gasteiger partial charge is 0.400 e. The van der Waals surface area contributed by atoms with Gasteiger partial charge in [-0.2, -0.15) is 0 Å². The number of nitrogens with zero attached hydrogens (tertiary/aromatic N) is 1. The van der Waals surface area contributed by atoms with Crippen LogP contribution in [-0.4, -0.2) is 120 Å². The van der Waals surface area contributed by atoms with Gasteiger partial charge in [0.15, 0.2) is 0 Å². The van der Waals surface area contributed by atoms with Gasteiger partial charge in [-0.05, 0) is 82.6 Å². The highest BCUT2D eigenvalue weighted by Gasteiger charge is 2.38. The van der Waals surface area contributed by atoms with Gasteiger partial charge in [0, 0.05) is 55.9 Å². The Balaban J connectivity index is 0. The molecule has 15 heteroatoms. The van der Waals surface area contributed by atoms with Crippen LogP contribution >= 0.6 is 11.6 Å². The molecule has 0 aromatic heterocycles. The Kier molecular flexibility index (Phi) is 29.1. The lowest BCUT2D eigenvalue weighted by Gasteiger charge is -2.32. The van der Waals surface area contributed by atoms with Crippen molar-refractivity contribution in [2.24, 2.45) is 17.1 Å². The molecule has 1 aliphatic rings. The Morgan fingerprint density at radius 1 is 1.00 bits per heavy atom. The Bertz CT molecular complexity index is 1350. The zero-order valence-electron chi connectivity index (χ0n) is 36.8. The molecule has 0 bridgehead atoms. The maximum absolute atomic E-state index is 12.3. The summed E-state index contributed by atoms with van der Waals surface area (Å²) >= 11 is 5.71. The average molecular weight is 844 g/mol. The molecule has 1 aliphatic heterocycles. The third kappa shape index (κ3) is 22.7. The van der Waals surface area contributed by atoms with Crippen LogP contribution in [0.25, 0.3) is 0 Å². The summed E-state index contributed by atoms with van der Waals surface area (Å²) in [6.45, 7) is 23.1. The highest BCUT2D eigenvalue weighted by atomic mass is 35.5. The van der Waals surface area contributed by atoms with E-state index in [2.05, 4.69) is 51.5 Å². The van der Waals surface area contributed by atoms with Crippen LogP contribution in [0.1, 0.15) is 121 Å². The molecule has 14 nitrogen and oxygen atoms in total. The van der Waals surface area contributed by atoms with E-state index in [9.17, 15) is 29.4 Å². The first kappa shape index (κ1) is 56.7. The summed E-state index contributed by atoms with van der Waals surface area (Å²) in [5.74, 6) is 0.104. The van der Waals surface area contributed by atoms with Gasteiger partial charge in [-0.3, -0.25) is 24.1 Å². The molecule has 0 spiro atoms. The number of amides is 4. The maximum Gasteiger partial charge on any atom is 0.251 e. The molecule has 0 aliphatic carbocycles. The van der Waals surface area contributed by atoms with Crippen molar-refractivity contribution in [3.63, 3.8) is 0 Å². The number of nitrogens with one attached hydrogen (secondary N) is 2. The molecule has 1 heterocycles. The number of ether oxygens (including phenoxy) is 3. The number of alkyl halides is 1. The number of aliphatic hydroxyl groups is 3. The summed E-state index contributed by atoms with van der Waals surface area (Å²) in [5, 5.41) is 31.4. The lowest BCUT2D eigenvalue weighted by molar-refractivity contribution is -0.128. The predicted octanol–water partition coefficient (Wildman–Crippen LogP) is 5.32. The number of hydrogen-bond acceptors (Lipinski definition) is 10. The van der Waals surface area contributed by atoms with E-state index in [0.717, 1.165) is 45.1 Å². The summed E-state index contributed by atoms with van der Waals surface area (Å²) in [4.78, 5) is 48.4. The van der Waals surface area contributed by atoms with Crippen molar-refractivity contribution < 1.29 is 48.7 Å². The fourth-order valence-electron chi connectivity index (χ4n) is 6.06. The highest BCUT2D eigenvalue weighted by Crippen LogP contribution is 2.35. The van der Waals surface area contributed by atoms with Crippen LogP contribution in [0.2, 0.25) is 0 Å². The van der Waals surface area contributed by atoms with Gasteiger partial charge < -0.3 is 45.9 Å². The zero-order chi connectivity index (χ0) is 45.1. The van der Waals surface area contributed by atoms with Crippen molar-refractivity contribution >= 4 is 35.7 Å². The molecular formula is C43H75ClN4O10. The van der Waals surface area contributed by atoms with Crippen molar-refractivity contribution in [3.8, 4) is 0 Å². The summed E-state index contributed by atoms with van der Waals surface area (Å²) < 4.78 is 17.5. The normalized spacial score (nSPS) is 16.7. The SMILES string of the molecule is C=C.CC(C)(CCCCCCCl)OCC(C)(C)OCCNC(=O)c1ccc(C(N)=O)cc1.CNC(=O)/C(=C\N(C=O)[C@H]1CC(O)C(CO)O1)C(C)(C)CC(C)C.CO. The summed E-state index contributed by atoms with van der Waals surface area (Å²) in [6.07, 6.45) is 6.27. The minimum absolute atomic E-state index is 0.187. The molecule has 2 rings (SSSR count). The second-order valence-corrected chi connectivity index (χ2v) is 16.4. The number of hydrogen-bond donors (Lipinski definition) is 6. The lowest BCUT2D eigenvalue weighted by Crippen LogP contribution is -2.38. The van der Waals surface area contributed by atoms with Crippen molar-refractivity contribution in [1.29, 1.82) is 0 Å². The molecule has 3 atom stereocenters. The Morgan fingerprint density at radius 3 is 2.05 bits per heavy atom. The summed E-state index contributed by atoms with van der Waals surface area (Å²) in [7, 11) is 2.55. The van der Waals surface area contributed by atoms with Crippen molar-refractivity contribution in [2.45, 2.75) is 130 Å². The Labute approximate surface area is 352 Å². The number of aliphatic hydroxyl groups excluding tert-OH is 3. The van der Waals surface area contributed by atoms with Crippen LogP contribution in [0.3, 0.4) is 0 Å². The van der Waals surface area contributed by atoms with Gasteiger partial charge >= 0.3 is 0 Å². The van der Waals surface area contributed by atoms with E-state index < -0.39 is 35.4 Å². The molecule has 1 aromatic carbocycles. The van der Waals surface area contributed by atoms with Gasteiger partial charge in [-0.25, -0.2) is 0 Å². The fraction of sp³-hybridized carbons (Fsp3) is 0.674. The molecule has 0 saturated carbocycles. The molecule has 1 fully saturated rings. The van der Waals surface area contributed by atoms with Crippen LogP contribution in [0, 0.1) is 11.3 Å². The third-order valence-corrected chi connectivity index (χ3v) is 9.29.